The molecule has 28 heteroatoms. The fraction of sp³-hybridized carbons (Fsp3) is 0.764. The Morgan fingerprint density at radius 1 is 0.336 bits per heavy atom. The zero-order chi connectivity index (χ0) is 101. The maximum Gasteiger partial charge on any atom is 0.406 e. The first-order valence-electron chi connectivity index (χ1n) is 48.8. The van der Waals surface area contributed by atoms with Gasteiger partial charge >= 0.3 is 71.8 Å². The third-order valence-corrected chi connectivity index (χ3v) is 28.1. The summed E-state index contributed by atoms with van der Waals surface area (Å²) in [5.74, 6) is 0.200. The molecule has 0 heterocycles. The van der Waals surface area contributed by atoms with Crippen molar-refractivity contribution in [3.05, 3.63) is 71.8 Å². The minimum Gasteiger partial charge on any atom is -0.481 e. The van der Waals surface area contributed by atoms with Crippen LogP contribution in [0.4, 0.5) is 4.79 Å². The fourth-order valence-corrected chi connectivity index (χ4v) is 22.5. The Balaban J connectivity index is 0.000000396. The lowest BCUT2D eigenvalue weighted by molar-refractivity contribution is -0.160. The molecule has 0 bridgehead atoms. The summed E-state index contributed by atoms with van der Waals surface area (Å²) in [4.78, 5) is 150. The van der Waals surface area contributed by atoms with Crippen LogP contribution in [-0.2, 0) is 108 Å². The molecule has 134 heavy (non-hydrogen) atoms. The summed E-state index contributed by atoms with van der Waals surface area (Å²) in [5, 5.41) is 38.4. The van der Waals surface area contributed by atoms with Crippen molar-refractivity contribution < 1.29 is 121 Å². The van der Waals surface area contributed by atoms with Crippen LogP contribution in [0.25, 0.3) is 0 Å². The van der Waals surface area contributed by atoms with E-state index in [4.69, 9.17) is 49.8 Å². The van der Waals surface area contributed by atoms with Crippen LogP contribution in [0.2, 0.25) is 0 Å². The highest BCUT2D eigenvalue weighted by molar-refractivity contribution is 5.76. The van der Waals surface area contributed by atoms with Crippen LogP contribution in [0.15, 0.2) is 65.7 Å². The fourth-order valence-electron chi connectivity index (χ4n) is 22.5. The van der Waals surface area contributed by atoms with Crippen molar-refractivity contribution in [2.24, 2.45) is 101 Å². The number of benzene rings is 2. The number of aliphatic carboxylic acids is 4. The molecule has 16 atom stereocenters. The van der Waals surface area contributed by atoms with Crippen LogP contribution in [0.3, 0.4) is 0 Å². The first-order chi connectivity index (χ1) is 62.3. The number of methoxy groups -OCH3 is 5. The van der Waals surface area contributed by atoms with Crippen LogP contribution in [0.5, 0.6) is 0 Å². The van der Waals surface area contributed by atoms with Gasteiger partial charge in [0.15, 0.2) is 0 Å². The molecule has 760 valence electrons. The molecule has 8 aliphatic carbocycles. The number of esters is 7. The van der Waals surface area contributed by atoms with Crippen molar-refractivity contribution in [3.8, 4) is 0 Å². The van der Waals surface area contributed by atoms with Gasteiger partial charge in [0.2, 0.25) is 6.08 Å². The summed E-state index contributed by atoms with van der Waals surface area (Å²) in [6.07, 6.45) is 29.9. The lowest BCUT2D eigenvalue weighted by atomic mass is 9.76. The normalized spacial score (nSPS) is 28.6. The Kier molecular flexibility index (Phi) is 49.5. The minimum absolute atomic E-state index is 0.00734. The van der Waals surface area contributed by atoms with Gasteiger partial charge in [0.1, 0.15) is 16.8 Å². The molecule has 28 nitrogen and oxygen atoms in total. The van der Waals surface area contributed by atoms with Gasteiger partial charge in [-0.3, -0.25) is 52.7 Å². The van der Waals surface area contributed by atoms with E-state index in [-0.39, 0.29) is 112 Å². The monoisotopic (exact) mass is 1890 g/mol. The molecular formula is C106H171N3O25. The molecule has 0 unspecified atom stereocenters. The van der Waals surface area contributed by atoms with Crippen LogP contribution in [0, 0.1) is 90.7 Å². The summed E-state index contributed by atoms with van der Waals surface area (Å²) < 4.78 is 39.6. The zero-order valence-electron chi connectivity index (χ0n) is 85.6. The number of carbonyl (C=O) groups is 12. The van der Waals surface area contributed by atoms with Crippen molar-refractivity contribution in [1.82, 2.24) is 5.32 Å². The number of aliphatic imine (C=N–C) groups is 1. The molecular weight excluding hydrogens is 1720 g/mol. The molecule has 0 aliphatic heterocycles. The molecule has 8 fully saturated rings. The molecule has 0 aromatic heterocycles. The van der Waals surface area contributed by atoms with E-state index in [2.05, 4.69) is 116 Å². The number of hydrogen-bond acceptors (Lipinski definition) is 23. The van der Waals surface area contributed by atoms with E-state index in [1.54, 1.807) is 6.08 Å². The van der Waals surface area contributed by atoms with Crippen molar-refractivity contribution in [1.29, 1.82) is 0 Å². The van der Waals surface area contributed by atoms with Crippen molar-refractivity contribution in [3.63, 3.8) is 0 Å². The number of isocyanates is 1. The lowest BCUT2D eigenvalue weighted by Crippen LogP contribution is -2.37. The van der Waals surface area contributed by atoms with Crippen LogP contribution >= 0.6 is 0 Å². The molecule has 2 aromatic carbocycles. The first-order valence-corrected chi connectivity index (χ1v) is 48.8. The van der Waals surface area contributed by atoms with E-state index >= 15 is 0 Å². The van der Waals surface area contributed by atoms with Gasteiger partial charge in [-0.25, -0.2) is 14.6 Å². The summed E-state index contributed by atoms with van der Waals surface area (Å²) in [6.45, 7) is 35.6. The first kappa shape index (κ1) is 119. The van der Waals surface area contributed by atoms with Crippen LogP contribution < -0.4 is 11.1 Å². The van der Waals surface area contributed by atoms with Gasteiger partial charge in [0, 0.05) is 12.0 Å². The van der Waals surface area contributed by atoms with Crippen molar-refractivity contribution >= 4 is 77.8 Å². The smallest absolute Gasteiger partial charge is 0.406 e. The van der Waals surface area contributed by atoms with E-state index in [1.807, 2.05) is 86.6 Å². The molecule has 10 rings (SSSR count). The minimum atomic E-state index is -0.826. The SMILES string of the molecule is COC(=O)C[C@]1(CC(=O)O)CC[C@@H](C)C1.COC(=O)C[C@]1(CC(=O)OC(C)(C)C)CC[C@@H](C)C1.COC(=O)C[C@]1(CN=C=O)CC[C@@H](C)C1.COC(=O)C[C@]1(CNC(=O)OC)CC[C@@H](C)C1.C[C@@H]1CC[C@@](CC(=O)O)(Cc2ccccc2)C1.C[C@@H]1CC[C@@](CC(=O)OC(C)(C)C)(Cc2ccccc2)C1.C[C@@H]1CC[C@@](CN)(CC(=O)O)C1.C[C@@H]1CC[C@](CC(=O)O)(CC(=O)OC(C)(C)C)C1. The van der Waals surface area contributed by atoms with Gasteiger partial charge in [-0.15, -0.1) is 0 Å². The quantitative estimate of drug-likeness (QED) is 0.0177. The van der Waals surface area contributed by atoms with E-state index < -0.39 is 52.2 Å². The zero-order valence-corrected chi connectivity index (χ0v) is 85.6. The number of carboxylic acid groups (broad SMARTS) is 4. The van der Waals surface area contributed by atoms with E-state index in [9.17, 15) is 62.3 Å². The third-order valence-electron chi connectivity index (χ3n) is 28.1. The summed E-state index contributed by atoms with van der Waals surface area (Å²) in [6, 6.07) is 20.8. The number of ether oxygens (including phenoxy) is 8. The number of nitrogens with two attached hydrogens (primary N) is 1. The maximum absolute atomic E-state index is 12.3. The summed E-state index contributed by atoms with van der Waals surface area (Å²) in [5.41, 5.74) is 5.46. The number of rotatable bonds is 31. The van der Waals surface area contributed by atoms with Gasteiger partial charge in [0.05, 0.1) is 113 Å². The molecule has 0 radical (unpaired) electrons. The number of nitrogens with zero attached hydrogens (tertiary/aromatic N) is 1. The third kappa shape index (κ3) is 46.4. The van der Waals surface area contributed by atoms with E-state index in [0.29, 0.717) is 106 Å². The van der Waals surface area contributed by atoms with Gasteiger partial charge in [0.25, 0.3) is 0 Å². The molecule has 7 N–H and O–H groups in total. The number of hydrogen-bond donors (Lipinski definition) is 6. The second-order valence-electron chi connectivity index (χ2n) is 45.1. The highest BCUT2D eigenvalue weighted by atomic mass is 16.6. The predicted molar refractivity (Wildman–Crippen MR) is 513 cm³/mol. The van der Waals surface area contributed by atoms with Crippen LogP contribution in [0.1, 0.15) is 354 Å². The van der Waals surface area contributed by atoms with Gasteiger partial charge in [-0.1, -0.05) is 167 Å². The van der Waals surface area contributed by atoms with Crippen molar-refractivity contribution in [2.75, 3.05) is 55.2 Å². The number of amides is 1. The lowest BCUT2D eigenvalue weighted by Gasteiger charge is -2.30. The molecule has 8 aliphatic rings. The molecule has 2 aromatic rings. The average molecular weight is 1890 g/mol. The topological polar surface area (TPSA) is 427 Å². The van der Waals surface area contributed by atoms with Gasteiger partial charge in [-0.2, -0.15) is 0 Å². The standard InChI is InChI=1S/C19H28O2.C15H26O4.C15H20O2.C14H24O4.C12H21NO4.C11H17NO3.C11H18O4.C9H17NO2/c1-15-10-11-19(12-15,13-16-8-6-5-7-9-16)14-17(20)21-18(2,3)4;1-11-6-7-15(8-11,9-12(16)18-5)10-13(17)19-14(2,3)4;1-12-7-8-15(9-12,11-14(16)17)10-13-5-3-2-4-6-13;1-10-5-6-14(7-10,8-11(15)16)9-12(17)18-13(2,3)4;1-9-4-5-12(6-9,7-10(14)16-2)8-13-11(15)17-3;1-9-3-4-11(5-9,7-12-8-13)6-10(14)15-2;1-8-3-4-11(5-8,6-9(12)13)7-10(14)15-2;1-7-2-3-9(4-7,6-10)5-8(11)12/h5-9,15H,10-14H2,1-4H3;11H,6-10H2,1-5H3;2-6,12H,7-11H2,1H3,(H,16,17);10H,5-9H2,1-4H3,(H,15,16);9H,4-8H2,1-3H3,(H,13,15);9H,3-7H2,1-2H3;8H,3-7H2,1-2H3,(H,12,13);7H,2-6,10H2,1H3,(H,11,12)/t15-,19+;11-,15+;12-,15+;10-,14+;9-,12+;9-,11+;8-,11-;7-,9+/m11111111/s1. The van der Waals surface area contributed by atoms with Crippen molar-refractivity contribution in [2.45, 2.75) is 372 Å². The summed E-state index contributed by atoms with van der Waals surface area (Å²) >= 11 is 0. The molecule has 0 spiro atoms. The number of carbonyl (C=O) groups excluding carboxylic acids is 9. The highest BCUT2D eigenvalue weighted by Gasteiger charge is 2.48. The Hall–Kier alpha value is -8.78. The Morgan fingerprint density at radius 2 is 0.560 bits per heavy atom. The maximum atomic E-state index is 12.3. The molecule has 8 saturated carbocycles. The Morgan fingerprint density at radius 3 is 0.813 bits per heavy atom. The largest absolute Gasteiger partial charge is 0.481 e. The van der Waals surface area contributed by atoms with Gasteiger partial charge in [-0.05, 0) is 281 Å². The second-order valence-corrected chi connectivity index (χ2v) is 45.1. The van der Waals surface area contributed by atoms with Crippen LogP contribution in [-0.4, -0.2) is 170 Å². The number of carboxylic acids is 4. The van der Waals surface area contributed by atoms with E-state index in [0.717, 1.165) is 154 Å². The summed E-state index contributed by atoms with van der Waals surface area (Å²) in [7, 11) is 6.84. The second kappa shape index (κ2) is 55.6. The van der Waals surface area contributed by atoms with Gasteiger partial charge < -0.3 is 69.4 Å². The molecule has 1 amide bonds. The highest BCUT2D eigenvalue weighted by Crippen LogP contribution is 2.53. The van der Waals surface area contributed by atoms with E-state index in [1.165, 1.54) is 59.5 Å². The number of alkyl carbamates (subject to hydrolysis) is 1. The predicted octanol–water partition coefficient (Wildman–Crippen LogP) is 20.8. The number of nitrogens with one attached hydrogen (secondary N) is 1. The Bertz CT molecular complexity index is 4030. The Labute approximate surface area is 800 Å². The molecule has 0 saturated heterocycles. The average Bonchev–Trinajstić information content (AvgIpc) is 1.65.